The highest BCUT2D eigenvalue weighted by Crippen LogP contribution is 2.13. The number of aryl methyl sites for hydroxylation is 2. The van der Waals surface area contributed by atoms with Crippen molar-refractivity contribution in [2.75, 3.05) is 12.0 Å². The zero-order valence-corrected chi connectivity index (χ0v) is 12.1. The van der Waals surface area contributed by atoms with Crippen molar-refractivity contribution in [3.8, 4) is 0 Å². The molecule has 0 aliphatic heterocycles. The van der Waals surface area contributed by atoms with Crippen molar-refractivity contribution in [2.24, 2.45) is 0 Å². The van der Waals surface area contributed by atoms with Crippen LogP contribution < -0.4 is 5.32 Å². The van der Waals surface area contributed by atoms with Crippen LogP contribution in [0.25, 0.3) is 0 Å². The van der Waals surface area contributed by atoms with E-state index in [0.717, 1.165) is 18.7 Å². The van der Waals surface area contributed by atoms with Gasteiger partial charge in [-0.05, 0) is 43.9 Å². The summed E-state index contributed by atoms with van der Waals surface area (Å²) in [5.41, 5.74) is 4.06. The van der Waals surface area contributed by atoms with Gasteiger partial charge in [-0.25, -0.2) is 0 Å². The molecule has 2 nitrogen and oxygen atoms in total. The Bertz CT molecular complexity index is 370. The molecule has 0 aromatic heterocycles. The van der Waals surface area contributed by atoms with Gasteiger partial charge in [-0.3, -0.25) is 4.21 Å². The van der Waals surface area contributed by atoms with E-state index < -0.39 is 10.8 Å². The fraction of sp³-hybridized carbons (Fsp3) is 0.571. The van der Waals surface area contributed by atoms with E-state index in [1.807, 2.05) is 0 Å². The predicted octanol–water partition coefficient (Wildman–Crippen LogP) is 2.55. The van der Waals surface area contributed by atoms with Crippen LogP contribution in [0.1, 0.15) is 30.0 Å². The first-order valence-corrected chi connectivity index (χ1v) is 7.82. The summed E-state index contributed by atoms with van der Waals surface area (Å²) in [7, 11) is -0.683. The first-order chi connectivity index (χ1) is 8.00. The molecule has 17 heavy (non-hydrogen) atoms. The van der Waals surface area contributed by atoms with Crippen molar-refractivity contribution in [1.29, 1.82) is 0 Å². The van der Waals surface area contributed by atoms with Gasteiger partial charge in [0.05, 0.1) is 0 Å². The van der Waals surface area contributed by atoms with Crippen LogP contribution in [0.4, 0.5) is 0 Å². The average Bonchev–Trinajstić information content (AvgIpc) is 2.25. The Balaban J connectivity index is 2.47. The van der Waals surface area contributed by atoms with Crippen molar-refractivity contribution in [3.63, 3.8) is 0 Å². The predicted molar refractivity (Wildman–Crippen MR) is 75.8 cm³/mol. The molecule has 0 saturated heterocycles. The van der Waals surface area contributed by atoms with Gasteiger partial charge in [-0.1, -0.05) is 18.2 Å². The molecule has 3 heteroatoms. The van der Waals surface area contributed by atoms with Gasteiger partial charge in [-0.2, -0.15) is 0 Å². The highest BCUT2D eigenvalue weighted by atomic mass is 32.2. The summed E-state index contributed by atoms with van der Waals surface area (Å²) < 4.78 is 11.0. The number of rotatable bonds is 6. The second kappa shape index (κ2) is 6.92. The Kier molecular flexibility index (Phi) is 5.86. The van der Waals surface area contributed by atoms with Gasteiger partial charge in [0.2, 0.25) is 0 Å². The fourth-order valence-corrected chi connectivity index (χ4v) is 2.53. The summed E-state index contributed by atoms with van der Waals surface area (Å²) in [4.78, 5) is 0. The van der Waals surface area contributed by atoms with E-state index >= 15 is 0 Å². The first-order valence-electron chi connectivity index (χ1n) is 6.09. The van der Waals surface area contributed by atoms with E-state index in [4.69, 9.17) is 0 Å². The van der Waals surface area contributed by atoms with Crippen molar-refractivity contribution >= 4 is 10.8 Å². The van der Waals surface area contributed by atoms with Gasteiger partial charge in [0.25, 0.3) is 0 Å². The lowest BCUT2D eigenvalue weighted by molar-refractivity contribution is 0.533. The maximum absolute atomic E-state index is 11.0. The molecule has 1 N–H and O–H groups in total. The summed E-state index contributed by atoms with van der Waals surface area (Å²) in [5, 5.41) is 3.50. The van der Waals surface area contributed by atoms with E-state index in [-0.39, 0.29) is 0 Å². The van der Waals surface area contributed by atoms with Crippen LogP contribution in [0.5, 0.6) is 0 Å². The molecule has 1 aromatic carbocycles. The molecule has 0 saturated carbocycles. The van der Waals surface area contributed by atoms with Crippen LogP contribution in [0.3, 0.4) is 0 Å². The van der Waals surface area contributed by atoms with Gasteiger partial charge in [0.15, 0.2) is 0 Å². The van der Waals surface area contributed by atoms with E-state index in [0.29, 0.717) is 6.04 Å². The van der Waals surface area contributed by atoms with E-state index in [1.165, 1.54) is 16.7 Å². The van der Waals surface area contributed by atoms with Crippen LogP contribution in [-0.2, 0) is 17.3 Å². The Hall–Kier alpha value is -0.670. The molecule has 0 amide bonds. The number of hydrogen-bond acceptors (Lipinski definition) is 2. The summed E-state index contributed by atoms with van der Waals surface area (Å²) in [6.07, 6.45) is 2.73. The molecule has 0 fully saturated rings. The monoisotopic (exact) mass is 253 g/mol. The zero-order chi connectivity index (χ0) is 12.8. The molecule has 2 unspecified atom stereocenters. The standard InChI is InChI=1S/C14H23NOS/c1-11-6-5-7-12(2)14(11)10-15-13(3)8-9-17(4)16/h5-7,13,15H,8-10H2,1-4H3. The van der Waals surface area contributed by atoms with Crippen molar-refractivity contribution < 1.29 is 4.21 Å². The van der Waals surface area contributed by atoms with Crippen molar-refractivity contribution in [1.82, 2.24) is 5.32 Å². The van der Waals surface area contributed by atoms with Gasteiger partial charge in [0, 0.05) is 35.4 Å². The number of benzene rings is 1. The molecule has 0 spiro atoms. The third-order valence-corrected chi connectivity index (χ3v) is 3.92. The Morgan fingerprint density at radius 2 is 1.88 bits per heavy atom. The van der Waals surface area contributed by atoms with Gasteiger partial charge in [-0.15, -0.1) is 0 Å². The third kappa shape index (κ3) is 5.00. The minimum absolute atomic E-state index is 0.415. The van der Waals surface area contributed by atoms with Crippen LogP contribution in [0.15, 0.2) is 18.2 Å². The molecule has 0 heterocycles. The molecule has 1 aromatic rings. The highest BCUT2D eigenvalue weighted by Gasteiger charge is 2.05. The fourth-order valence-electron chi connectivity index (χ4n) is 1.85. The van der Waals surface area contributed by atoms with Crippen molar-refractivity contribution in [3.05, 3.63) is 34.9 Å². The Morgan fingerprint density at radius 1 is 1.29 bits per heavy atom. The van der Waals surface area contributed by atoms with Crippen LogP contribution >= 0.6 is 0 Å². The largest absolute Gasteiger partial charge is 0.310 e. The van der Waals surface area contributed by atoms with Gasteiger partial charge >= 0.3 is 0 Å². The minimum atomic E-state index is -0.683. The highest BCUT2D eigenvalue weighted by molar-refractivity contribution is 7.84. The zero-order valence-electron chi connectivity index (χ0n) is 11.2. The maximum Gasteiger partial charge on any atom is 0.0246 e. The summed E-state index contributed by atoms with van der Waals surface area (Å²) in [5.74, 6) is 0.779. The lowest BCUT2D eigenvalue weighted by Gasteiger charge is -2.16. The molecule has 0 aliphatic rings. The SMILES string of the molecule is Cc1cccc(C)c1CNC(C)CCS(C)=O. The van der Waals surface area contributed by atoms with Gasteiger partial charge < -0.3 is 5.32 Å². The molecule has 1 rings (SSSR count). The van der Waals surface area contributed by atoms with Crippen LogP contribution in [0.2, 0.25) is 0 Å². The molecule has 0 radical (unpaired) electrons. The summed E-state index contributed by atoms with van der Waals surface area (Å²) in [6, 6.07) is 6.81. The average molecular weight is 253 g/mol. The quantitative estimate of drug-likeness (QED) is 0.844. The molecular formula is C14H23NOS. The van der Waals surface area contributed by atoms with E-state index in [1.54, 1.807) is 6.26 Å². The summed E-state index contributed by atoms with van der Waals surface area (Å²) in [6.45, 7) is 7.35. The second-order valence-electron chi connectivity index (χ2n) is 4.72. The van der Waals surface area contributed by atoms with Gasteiger partial charge in [0.1, 0.15) is 0 Å². The topological polar surface area (TPSA) is 29.1 Å². The normalized spacial score (nSPS) is 14.6. The maximum atomic E-state index is 11.0. The molecule has 0 aliphatic carbocycles. The van der Waals surface area contributed by atoms with Crippen LogP contribution in [0, 0.1) is 13.8 Å². The molecule has 0 bridgehead atoms. The second-order valence-corrected chi connectivity index (χ2v) is 6.27. The lowest BCUT2D eigenvalue weighted by Crippen LogP contribution is -2.27. The number of nitrogens with one attached hydrogen (secondary N) is 1. The lowest BCUT2D eigenvalue weighted by atomic mass is 10.0. The smallest absolute Gasteiger partial charge is 0.0246 e. The van der Waals surface area contributed by atoms with Crippen LogP contribution in [-0.4, -0.2) is 22.3 Å². The summed E-state index contributed by atoms with van der Waals surface area (Å²) >= 11 is 0. The minimum Gasteiger partial charge on any atom is -0.310 e. The van der Waals surface area contributed by atoms with E-state index in [9.17, 15) is 4.21 Å². The Morgan fingerprint density at radius 3 is 2.41 bits per heavy atom. The molecule has 96 valence electrons. The van der Waals surface area contributed by atoms with E-state index in [2.05, 4.69) is 44.3 Å². The Labute approximate surface area is 107 Å². The molecule has 2 atom stereocenters. The van der Waals surface area contributed by atoms with Crippen molar-refractivity contribution in [2.45, 2.75) is 39.8 Å². The first kappa shape index (κ1) is 14.4. The number of hydrogen-bond donors (Lipinski definition) is 1. The third-order valence-electron chi connectivity index (χ3n) is 3.11. The molecular weight excluding hydrogens is 230 g/mol.